The molecule has 0 aliphatic heterocycles. The topological polar surface area (TPSA) is 94.9 Å². The molecular weight excluding hydrogens is 200 g/mol. The van der Waals surface area contributed by atoms with Crippen LogP contribution in [0.5, 0.6) is 5.75 Å². The molecule has 82 valence electrons. The SMILES string of the molecule is CCOC(=O)c1c(C)[nH]c(C=NO)c1O. The largest absolute Gasteiger partial charge is 0.505 e. The van der Waals surface area contributed by atoms with Gasteiger partial charge in [-0.05, 0) is 13.8 Å². The second-order valence-electron chi connectivity index (χ2n) is 2.85. The van der Waals surface area contributed by atoms with Crippen molar-refractivity contribution in [1.82, 2.24) is 4.98 Å². The highest BCUT2D eigenvalue weighted by Crippen LogP contribution is 2.25. The van der Waals surface area contributed by atoms with Crippen LogP contribution in [0.15, 0.2) is 5.16 Å². The minimum Gasteiger partial charge on any atom is -0.505 e. The zero-order valence-electron chi connectivity index (χ0n) is 8.44. The molecule has 6 heteroatoms. The molecule has 6 nitrogen and oxygen atoms in total. The van der Waals surface area contributed by atoms with E-state index in [4.69, 9.17) is 9.94 Å². The van der Waals surface area contributed by atoms with Gasteiger partial charge in [0.05, 0.1) is 12.8 Å². The first-order chi connectivity index (χ1) is 7.11. The average molecular weight is 212 g/mol. The van der Waals surface area contributed by atoms with E-state index in [0.29, 0.717) is 5.69 Å². The molecule has 1 aromatic heterocycles. The van der Waals surface area contributed by atoms with Crippen LogP contribution >= 0.6 is 0 Å². The number of carbonyl (C=O) groups is 1. The van der Waals surface area contributed by atoms with E-state index in [-0.39, 0.29) is 23.6 Å². The maximum absolute atomic E-state index is 11.4. The van der Waals surface area contributed by atoms with Gasteiger partial charge in [-0.3, -0.25) is 0 Å². The minimum absolute atomic E-state index is 0.0618. The van der Waals surface area contributed by atoms with Gasteiger partial charge < -0.3 is 20.0 Å². The number of aryl methyl sites for hydroxylation is 1. The van der Waals surface area contributed by atoms with Crippen LogP contribution < -0.4 is 0 Å². The zero-order valence-corrected chi connectivity index (χ0v) is 8.44. The smallest absolute Gasteiger partial charge is 0.343 e. The second-order valence-corrected chi connectivity index (χ2v) is 2.85. The molecule has 3 N–H and O–H groups in total. The van der Waals surface area contributed by atoms with Crippen molar-refractivity contribution in [3.05, 3.63) is 17.0 Å². The fraction of sp³-hybridized carbons (Fsp3) is 0.333. The third kappa shape index (κ3) is 2.09. The van der Waals surface area contributed by atoms with Crippen molar-refractivity contribution in [1.29, 1.82) is 0 Å². The number of aromatic nitrogens is 1. The Morgan fingerprint density at radius 2 is 2.33 bits per heavy atom. The molecule has 0 fully saturated rings. The summed E-state index contributed by atoms with van der Waals surface area (Å²) in [6.45, 7) is 3.51. The highest BCUT2D eigenvalue weighted by atomic mass is 16.5. The molecule has 0 amide bonds. The highest BCUT2D eigenvalue weighted by Gasteiger charge is 2.20. The van der Waals surface area contributed by atoms with Gasteiger partial charge in [0, 0.05) is 5.69 Å². The molecule has 0 aliphatic rings. The first-order valence-electron chi connectivity index (χ1n) is 4.37. The summed E-state index contributed by atoms with van der Waals surface area (Å²) in [5, 5.41) is 20.7. The molecule has 0 saturated carbocycles. The fourth-order valence-electron chi connectivity index (χ4n) is 1.24. The van der Waals surface area contributed by atoms with Crippen LogP contribution in [-0.2, 0) is 4.74 Å². The van der Waals surface area contributed by atoms with Crippen LogP contribution in [0.2, 0.25) is 0 Å². The molecule has 15 heavy (non-hydrogen) atoms. The molecular formula is C9H12N2O4. The lowest BCUT2D eigenvalue weighted by Crippen LogP contribution is -2.05. The Balaban J connectivity index is 3.13. The van der Waals surface area contributed by atoms with E-state index >= 15 is 0 Å². The number of hydrogen-bond acceptors (Lipinski definition) is 5. The van der Waals surface area contributed by atoms with E-state index in [0.717, 1.165) is 6.21 Å². The summed E-state index contributed by atoms with van der Waals surface area (Å²) in [6.07, 6.45) is 1.01. The summed E-state index contributed by atoms with van der Waals surface area (Å²) < 4.78 is 4.76. The minimum atomic E-state index is -0.610. The molecule has 1 rings (SSSR count). The quantitative estimate of drug-likeness (QED) is 0.301. The van der Waals surface area contributed by atoms with Gasteiger partial charge >= 0.3 is 5.97 Å². The molecule has 1 heterocycles. The summed E-state index contributed by atoms with van der Waals surface area (Å²) in [4.78, 5) is 14.1. The van der Waals surface area contributed by atoms with E-state index in [1.165, 1.54) is 0 Å². The van der Waals surface area contributed by atoms with Crippen molar-refractivity contribution in [2.24, 2.45) is 5.16 Å². The monoisotopic (exact) mass is 212 g/mol. The van der Waals surface area contributed by atoms with Crippen LogP contribution in [-0.4, -0.2) is 34.1 Å². The van der Waals surface area contributed by atoms with Crippen LogP contribution in [0.4, 0.5) is 0 Å². The first-order valence-corrected chi connectivity index (χ1v) is 4.37. The maximum atomic E-state index is 11.4. The van der Waals surface area contributed by atoms with Gasteiger partial charge in [-0.2, -0.15) is 0 Å². The van der Waals surface area contributed by atoms with Crippen LogP contribution in [0.3, 0.4) is 0 Å². The van der Waals surface area contributed by atoms with E-state index in [1.807, 2.05) is 0 Å². The van der Waals surface area contributed by atoms with E-state index in [2.05, 4.69) is 10.1 Å². The molecule has 0 radical (unpaired) electrons. The third-order valence-corrected chi connectivity index (χ3v) is 1.86. The van der Waals surface area contributed by atoms with E-state index in [1.54, 1.807) is 13.8 Å². The predicted octanol–water partition coefficient (Wildman–Crippen LogP) is 1.01. The van der Waals surface area contributed by atoms with Crippen molar-refractivity contribution >= 4 is 12.2 Å². The number of aromatic amines is 1. The normalized spacial score (nSPS) is 10.8. The molecule has 0 aromatic carbocycles. The predicted molar refractivity (Wildman–Crippen MR) is 52.5 cm³/mol. The Kier molecular flexibility index (Phi) is 3.33. The number of esters is 1. The van der Waals surface area contributed by atoms with Gasteiger partial charge in [0.2, 0.25) is 0 Å². The number of nitrogens with zero attached hydrogens (tertiary/aromatic N) is 1. The van der Waals surface area contributed by atoms with Crippen molar-refractivity contribution in [3.8, 4) is 5.75 Å². The number of hydrogen-bond donors (Lipinski definition) is 3. The number of carbonyl (C=O) groups excluding carboxylic acids is 1. The zero-order chi connectivity index (χ0) is 11.4. The Morgan fingerprint density at radius 3 is 2.87 bits per heavy atom. The Morgan fingerprint density at radius 1 is 1.67 bits per heavy atom. The molecule has 0 aliphatic carbocycles. The lowest BCUT2D eigenvalue weighted by Gasteiger charge is -2.00. The standard InChI is InChI=1S/C9H12N2O4/c1-3-15-9(13)7-5(2)11-6(4-10-14)8(7)12/h4,11-12,14H,3H2,1-2H3. The van der Waals surface area contributed by atoms with Gasteiger partial charge in [-0.1, -0.05) is 5.16 Å². The summed E-state index contributed by atoms with van der Waals surface area (Å²) in [5.74, 6) is -0.884. The van der Waals surface area contributed by atoms with Gasteiger partial charge in [0.25, 0.3) is 0 Å². The van der Waals surface area contributed by atoms with Gasteiger partial charge in [-0.25, -0.2) is 4.79 Å². The Hall–Kier alpha value is -1.98. The maximum Gasteiger partial charge on any atom is 0.343 e. The lowest BCUT2D eigenvalue weighted by molar-refractivity contribution is 0.0522. The lowest BCUT2D eigenvalue weighted by atomic mass is 10.2. The number of H-pyrrole nitrogens is 1. The first kappa shape index (κ1) is 11.1. The van der Waals surface area contributed by atoms with Gasteiger partial charge in [0.15, 0.2) is 5.75 Å². The fourth-order valence-corrected chi connectivity index (χ4v) is 1.24. The van der Waals surface area contributed by atoms with Crippen LogP contribution in [0, 0.1) is 6.92 Å². The molecule has 0 saturated heterocycles. The third-order valence-electron chi connectivity index (χ3n) is 1.86. The number of aromatic hydroxyl groups is 1. The summed E-state index contributed by atoms with van der Waals surface area (Å²) in [5.41, 5.74) is 0.686. The van der Waals surface area contributed by atoms with Crippen molar-refractivity contribution in [2.75, 3.05) is 6.61 Å². The summed E-state index contributed by atoms with van der Waals surface area (Å²) in [6, 6.07) is 0. The van der Waals surface area contributed by atoms with Crippen LogP contribution in [0.25, 0.3) is 0 Å². The Labute approximate surface area is 86.2 Å². The second kappa shape index (κ2) is 4.50. The molecule has 1 aromatic rings. The molecule has 0 atom stereocenters. The number of ether oxygens (including phenoxy) is 1. The number of oxime groups is 1. The van der Waals surface area contributed by atoms with Crippen LogP contribution in [0.1, 0.15) is 28.7 Å². The summed E-state index contributed by atoms with van der Waals surface area (Å²) in [7, 11) is 0. The highest BCUT2D eigenvalue weighted by molar-refractivity contribution is 5.97. The average Bonchev–Trinajstić information content (AvgIpc) is 2.43. The molecule has 0 bridgehead atoms. The van der Waals surface area contributed by atoms with E-state index < -0.39 is 5.97 Å². The van der Waals surface area contributed by atoms with Crippen molar-refractivity contribution in [3.63, 3.8) is 0 Å². The Bertz CT molecular complexity index is 395. The van der Waals surface area contributed by atoms with Crippen molar-refractivity contribution < 1.29 is 19.8 Å². The van der Waals surface area contributed by atoms with E-state index in [9.17, 15) is 9.90 Å². The molecule has 0 unspecified atom stereocenters. The number of nitrogens with one attached hydrogen (secondary N) is 1. The van der Waals surface area contributed by atoms with Gasteiger partial charge in [-0.15, -0.1) is 0 Å². The van der Waals surface area contributed by atoms with Crippen molar-refractivity contribution in [2.45, 2.75) is 13.8 Å². The molecule has 0 spiro atoms. The van der Waals surface area contributed by atoms with Gasteiger partial charge in [0.1, 0.15) is 11.3 Å². The summed E-state index contributed by atoms with van der Waals surface area (Å²) >= 11 is 0. The number of rotatable bonds is 3.